The fourth-order valence-corrected chi connectivity index (χ4v) is 3.39. The van der Waals surface area contributed by atoms with Gasteiger partial charge in [0.2, 0.25) is 0 Å². The summed E-state index contributed by atoms with van der Waals surface area (Å²) in [4.78, 5) is 6.92. The molecule has 1 unspecified atom stereocenters. The van der Waals surface area contributed by atoms with Crippen LogP contribution in [0.3, 0.4) is 0 Å². The summed E-state index contributed by atoms with van der Waals surface area (Å²) in [5, 5.41) is 1.09. The molecule has 1 aliphatic heterocycles. The van der Waals surface area contributed by atoms with Crippen LogP contribution in [0.1, 0.15) is 18.4 Å². The molecule has 0 amide bonds. The number of halogens is 2. The predicted octanol–water partition coefficient (Wildman–Crippen LogP) is 3.76. The van der Waals surface area contributed by atoms with Crippen LogP contribution in [0, 0.1) is 12.8 Å². The predicted molar refractivity (Wildman–Crippen MR) is 75.4 cm³/mol. The van der Waals surface area contributed by atoms with E-state index in [2.05, 4.69) is 54.7 Å². The minimum atomic E-state index is 0.753. The number of aromatic nitrogens is 1. The first-order chi connectivity index (χ1) is 7.70. The Morgan fingerprint density at radius 1 is 1.56 bits per heavy atom. The fraction of sp³-hybridized carbons (Fsp3) is 0.583. The highest BCUT2D eigenvalue weighted by atomic mass is 79.9. The molecule has 0 bridgehead atoms. The van der Waals surface area contributed by atoms with Crippen molar-refractivity contribution < 1.29 is 0 Å². The smallest absolute Gasteiger partial charge is 0.142 e. The molecule has 2 heterocycles. The van der Waals surface area contributed by atoms with Gasteiger partial charge in [0.25, 0.3) is 0 Å². The van der Waals surface area contributed by atoms with E-state index in [4.69, 9.17) is 0 Å². The Morgan fingerprint density at radius 3 is 3.06 bits per heavy atom. The van der Waals surface area contributed by atoms with E-state index in [1.165, 1.54) is 18.4 Å². The quantitative estimate of drug-likeness (QED) is 0.757. The fourth-order valence-electron chi connectivity index (χ4n) is 2.14. The summed E-state index contributed by atoms with van der Waals surface area (Å²) < 4.78 is 1.11. The van der Waals surface area contributed by atoms with Gasteiger partial charge in [0, 0.05) is 24.6 Å². The molecule has 1 atom stereocenters. The van der Waals surface area contributed by atoms with Gasteiger partial charge in [-0.1, -0.05) is 15.9 Å². The number of hydrogen-bond donors (Lipinski definition) is 0. The van der Waals surface area contributed by atoms with Gasteiger partial charge in [-0.15, -0.1) is 0 Å². The molecule has 2 nitrogen and oxygen atoms in total. The van der Waals surface area contributed by atoms with Crippen LogP contribution in [0.15, 0.2) is 16.7 Å². The van der Waals surface area contributed by atoms with E-state index in [-0.39, 0.29) is 0 Å². The zero-order valence-electron chi connectivity index (χ0n) is 9.42. The van der Waals surface area contributed by atoms with Gasteiger partial charge in [0.05, 0.1) is 4.47 Å². The minimum absolute atomic E-state index is 0.753. The monoisotopic (exact) mass is 346 g/mol. The number of rotatable bonds is 2. The number of piperidine rings is 1. The molecular weight excluding hydrogens is 332 g/mol. The molecule has 0 spiro atoms. The van der Waals surface area contributed by atoms with Gasteiger partial charge in [-0.3, -0.25) is 0 Å². The average Bonchev–Trinajstić information content (AvgIpc) is 2.29. The standard InChI is InChI=1S/C12H16Br2N2/c1-9-5-11(14)12(15-7-9)16-4-2-3-10(6-13)8-16/h5,7,10H,2-4,6,8H2,1H3. The molecule has 1 saturated heterocycles. The largest absolute Gasteiger partial charge is 0.355 e. The van der Waals surface area contributed by atoms with Gasteiger partial charge in [-0.2, -0.15) is 0 Å². The van der Waals surface area contributed by atoms with Crippen molar-refractivity contribution in [1.82, 2.24) is 4.98 Å². The van der Waals surface area contributed by atoms with E-state index >= 15 is 0 Å². The third kappa shape index (κ3) is 2.77. The van der Waals surface area contributed by atoms with Crippen molar-refractivity contribution in [3.63, 3.8) is 0 Å². The van der Waals surface area contributed by atoms with Crippen LogP contribution >= 0.6 is 31.9 Å². The molecule has 2 rings (SSSR count). The van der Waals surface area contributed by atoms with E-state index in [1.54, 1.807) is 0 Å². The summed E-state index contributed by atoms with van der Waals surface area (Å²) in [5.74, 6) is 1.85. The summed E-state index contributed by atoms with van der Waals surface area (Å²) in [6.45, 7) is 4.30. The maximum atomic E-state index is 4.53. The molecular formula is C12H16Br2N2. The van der Waals surface area contributed by atoms with Gasteiger partial charge in [0.15, 0.2) is 0 Å². The molecule has 0 radical (unpaired) electrons. The molecule has 1 aliphatic rings. The number of anilines is 1. The normalized spacial score (nSPS) is 21.2. The Morgan fingerprint density at radius 2 is 2.38 bits per heavy atom. The lowest BCUT2D eigenvalue weighted by Crippen LogP contribution is -2.36. The first-order valence-corrected chi connectivity index (χ1v) is 7.55. The first kappa shape index (κ1) is 12.4. The van der Waals surface area contributed by atoms with E-state index in [0.717, 1.165) is 34.6 Å². The number of hydrogen-bond acceptors (Lipinski definition) is 2. The second-order valence-electron chi connectivity index (χ2n) is 4.43. The molecule has 4 heteroatoms. The van der Waals surface area contributed by atoms with Crippen molar-refractivity contribution in [1.29, 1.82) is 0 Å². The topological polar surface area (TPSA) is 16.1 Å². The van der Waals surface area contributed by atoms with Gasteiger partial charge >= 0.3 is 0 Å². The summed E-state index contributed by atoms with van der Waals surface area (Å²) >= 11 is 7.19. The summed E-state index contributed by atoms with van der Waals surface area (Å²) in [5.41, 5.74) is 1.20. The second kappa shape index (κ2) is 5.50. The molecule has 1 fully saturated rings. The molecule has 88 valence electrons. The van der Waals surface area contributed by atoms with Crippen molar-refractivity contribution in [2.24, 2.45) is 5.92 Å². The van der Waals surface area contributed by atoms with Gasteiger partial charge in [-0.05, 0) is 53.2 Å². The first-order valence-electron chi connectivity index (χ1n) is 5.63. The number of pyridine rings is 1. The van der Waals surface area contributed by atoms with Crippen LogP contribution in [-0.4, -0.2) is 23.4 Å². The van der Waals surface area contributed by atoms with Crippen LogP contribution in [0.25, 0.3) is 0 Å². The van der Waals surface area contributed by atoms with E-state index < -0.39 is 0 Å². The molecule has 0 aliphatic carbocycles. The Labute approximate surface area is 114 Å². The van der Waals surface area contributed by atoms with Crippen LogP contribution in [-0.2, 0) is 0 Å². The van der Waals surface area contributed by atoms with E-state index in [1.807, 2.05) is 6.20 Å². The lowest BCUT2D eigenvalue weighted by molar-refractivity contribution is 0.452. The highest BCUT2D eigenvalue weighted by Gasteiger charge is 2.21. The SMILES string of the molecule is Cc1cnc(N2CCCC(CBr)C2)c(Br)c1. The summed E-state index contributed by atoms with van der Waals surface area (Å²) in [7, 11) is 0. The lowest BCUT2D eigenvalue weighted by Gasteiger charge is -2.33. The highest BCUT2D eigenvalue weighted by molar-refractivity contribution is 9.10. The van der Waals surface area contributed by atoms with Crippen molar-refractivity contribution in [2.75, 3.05) is 23.3 Å². The van der Waals surface area contributed by atoms with E-state index in [9.17, 15) is 0 Å². The molecule has 0 aromatic carbocycles. The Balaban J connectivity index is 2.16. The van der Waals surface area contributed by atoms with Gasteiger partial charge in [-0.25, -0.2) is 4.98 Å². The van der Waals surface area contributed by atoms with E-state index in [0.29, 0.717) is 0 Å². The van der Waals surface area contributed by atoms with Crippen molar-refractivity contribution >= 4 is 37.7 Å². The zero-order valence-corrected chi connectivity index (χ0v) is 12.6. The van der Waals surface area contributed by atoms with Crippen molar-refractivity contribution in [3.8, 4) is 0 Å². The minimum Gasteiger partial charge on any atom is -0.355 e. The number of nitrogens with zero attached hydrogens (tertiary/aromatic N) is 2. The van der Waals surface area contributed by atoms with Gasteiger partial charge < -0.3 is 4.90 Å². The summed E-state index contributed by atoms with van der Waals surface area (Å²) in [6.07, 6.45) is 4.53. The zero-order chi connectivity index (χ0) is 11.5. The summed E-state index contributed by atoms with van der Waals surface area (Å²) in [6, 6.07) is 2.14. The van der Waals surface area contributed by atoms with Crippen LogP contribution in [0.2, 0.25) is 0 Å². The van der Waals surface area contributed by atoms with Crippen LogP contribution in [0.4, 0.5) is 5.82 Å². The molecule has 16 heavy (non-hydrogen) atoms. The lowest BCUT2D eigenvalue weighted by atomic mass is 10.0. The molecule has 1 aromatic heterocycles. The third-order valence-corrected chi connectivity index (χ3v) is 4.49. The van der Waals surface area contributed by atoms with Crippen molar-refractivity contribution in [2.45, 2.75) is 19.8 Å². The van der Waals surface area contributed by atoms with Crippen LogP contribution < -0.4 is 4.90 Å². The number of alkyl halides is 1. The molecule has 0 N–H and O–H groups in total. The maximum absolute atomic E-state index is 4.53. The Bertz CT molecular complexity index is 368. The Kier molecular flexibility index (Phi) is 4.25. The maximum Gasteiger partial charge on any atom is 0.142 e. The highest BCUT2D eigenvalue weighted by Crippen LogP contribution is 2.29. The average molecular weight is 348 g/mol. The Hall–Kier alpha value is -0.0900. The van der Waals surface area contributed by atoms with Gasteiger partial charge in [0.1, 0.15) is 5.82 Å². The van der Waals surface area contributed by atoms with Crippen LogP contribution in [0.5, 0.6) is 0 Å². The molecule has 1 aromatic rings. The van der Waals surface area contributed by atoms with Crippen molar-refractivity contribution in [3.05, 3.63) is 22.3 Å². The second-order valence-corrected chi connectivity index (χ2v) is 5.93. The third-order valence-electron chi connectivity index (χ3n) is 3.00. The molecule has 0 saturated carbocycles. The number of aryl methyl sites for hydroxylation is 1.